The summed E-state index contributed by atoms with van der Waals surface area (Å²) >= 11 is 0. The predicted molar refractivity (Wildman–Crippen MR) is 242 cm³/mol. The lowest BCUT2D eigenvalue weighted by Gasteiger charge is -2.34. The molecule has 2 heterocycles. The highest BCUT2D eigenvalue weighted by Gasteiger charge is 2.46. The molecule has 0 unspecified atom stereocenters. The van der Waals surface area contributed by atoms with Crippen LogP contribution >= 0.6 is 0 Å². The van der Waals surface area contributed by atoms with E-state index in [0.717, 1.165) is 39.4 Å². The molecule has 0 N–H and O–H groups in total. The van der Waals surface area contributed by atoms with Gasteiger partial charge in [0.25, 0.3) is 0 Å². The van der Waals surface area contributed by atoms with Gasteiger partial charge in [0, 0.05) is 28.3 Å². The Morgan fingerprint density at radius 1 is 0.475 bits per heavy atom. The van der Waals surface area contributed by atoms with Gasteiger partial charge in [-0.05, 0) is 78.5 Å². The minimum atomic E-state index is -0.508. The fourth-order valence-corrected chi connectivity index (χ4v) is 10.4. The normalized spacial score (nSPS) is 14.2. The zero-order valence-electron chi connectivity index (χ0n) is 32.9. The molecule has 0 atom stereocenters. The van der Waals surface area contributed by atoms with Gasteiger partial charge in [-0.1, -0.05) is 190 Å². The van der Waals surface area contributed by atoms with Crippen molar-refractivity contribution in [3.63, 3.8) is 0 Å². The van der Waals surface area contributed by atoms with Crippen LogP contribution < -0.4 is 0 Å². The summed E-state index contributed by atoms with van der Waals surface area (Å²) in [6.45, 7) is 4.71. The van der Waals surface area contributed by atoms with Crippen LogP contribution in [0.1, 0.15) is 47.2 Å². The molecule has 0 aliphatic heterocycles. The average Bonchev–Trinajstić information content (AvgIpc) is 3.93. The molecule has 278 valence electrons. The summed E-state index contributed by atoms with van der Waals surface area (Å²) in [5.41, 5.74) is 19.0. The van der Waals surface area contributed by atoms with Gasteiger partial charge in [0.05, 0.1) is 23.0 Å². The lowest BCUT2D eigenvalue weighted by Crippen LogP contribution is -2.28. The van der Waals surface area contributed by atoms with E-state index in [2.05, 4.69) is 213 Å². The van der Waals surface area contributed by atoms with Crippen molar-refractivity contribution in [3.8, 4) is 56.0 Å². The summed E-state index contributed by atoms with van der Waals surface area (Å²) in [5, 5.41) is 2.57. The molecule has 8 aromatic carbocycles. The second-order valence-corrected chi connectivity index (χ2v) is 16.6. The molecule has 12 rings (SSSR count). The first-order chi connectivity index (χ1) is 29.0. The van der Waals surface area contributed by atoms with Gasteiger partial charge in [0.1, 0.15) is 5.69 Å². The summed E-state index contributed by atoms with van der Waals surface area (Å²) in [4.78, 5) is 10.7. The zero-order valence-corrected chi connectivity index (χ0v) is 32.9. The molecule has 0 fully saturated rings. The number of rotatable bonds is 5. The van der Waals surface area contributed by atoms with Crippen LogP contribution in [0.25, 0.3) is 72.4 Å². The molecule has 2 aliphatic rings. The molecule has 2 aromatic heterocycles. The Morgan fingerprint density at radius 2 is 1.10 bits per heavy atom. The monoisotopic (exact) mass is 753 g/mol. The molecular weight excluding hydrogens is 715 g/mol. The Balaban J connectivity index is 1.10. The fraction of sp³-hybridized carbons (Fsp3) is 0.0714. The van der Waals surface area contributed by atoms with Gasteiger partial charge in [-0.15, -0.1) is 0 Å². The molecule has 59 heavy (non-hydrogen) atoms. The number of nitrogens with zero attached hydrogens (tertiary/aromatic N) is 3. The molecule has 3 heteroatoms. The summed E-state index contributed by atoms with van der Waals surface area (Å²) in [7, 11) is 0. The van der Waals surface area contributed by atoms with E-state index < -0.39 is 5.41 Å². The second-order valence-electron chi connectivity index (χ2n) is 16.6. The van der Waals surface area contributed by atoms with Gasteiger partial charge < -0.3 is 0 Å². The van der Waals surface area contributed by atoms with Crippen LogP contribution in [0.4, 0.5) is 0 Å². The van der Waals surface area contributed by atoms with Crippen molar-refractivity contribution < 1.29 is 0 Å². The fourth-order valence-electron chi connectivity index (χ4n) is 10.4. The standard InChI is InChI=1S/C56H39N3/c1-55(2)47-31-28-36-16-12-13-23-42(36)52(47)45-30-27-39(33-48(45)55)53-54-57-34-51(37-17-6-3-7-18-37)59(54)35-50(58-53)38-26-29-44-43-24-14-15-25-46(43)56(49(44)32-38,40-19-8-4-9-20-40)41-21-10-5-11-22-41/h3-35H,1-2H3. The maximum Gasteiger partial charge on any atom is 0.164 e. The van der Waals surface area contributed by atoms with E-state index in [1.165, 1.54) is 66.4 Å². The number of imidazole rings is 1. The molecule has 0 amide bonds. The number of fused-ring (bicyclic) bond motifs is 9. The first-order valence-electron chi connectivity index (χ1n) is 20.5. The molecule has 0 saturated heterocycles. The van der Waals surface area contributed by atoms with Crippen LogP contribution in [0, 0.1) is 0 Å². The lowest BCUT2D eigenvalue weighted by atomic mass is 9.67. The van der Waals surface area contributed by atoms with E-state index in [0.29, 0.717) is 0 Å². The van der Waals surface area contributed by atoms with Gasteiger partial charge in [-0.25, -0.2) is 9.97 Å². The van der Waals surface area contributed by atoms with Crippen LogP contribution in [0.15, 0.2) is 200 Å². The van der Waals surface area contributed by atoms with Crippen molar-refractivity contribution in [1.82, 2.24) is 14.4 Å². The minimum Gasteiger partial charge on any atom is -0.296 e. The highest BCUT2D eigenvalue weighted by molar-refractivity contribution is 6.03. The van der Waals surface area contributed by atoms with Gasteiger partial charge in [0.15, 0.2) is 5.65 Å². The third-order valence-electron chi connectivity index (χ3n) is 13.2. The SMILES string of the molecule is CC1(C)c2cc(-c3nc(-c4ccc5c(c4)C(c4ccccc4)(c4ccccc4)c4ccccc4-5)cn4c(-c5ccccc5)cnc34)ccc2-c2c1ccc1ccccc21. The predicted octanol–water partition coefficient (Wildman–Crippen LogP) is 13.6. The van der Waals surface area contributed by atoms with Crippen LogP contribution in [0.3, 0.4) is 0 Å². The quantitative estimate of drug-likeness (QED) is 0.175. The molecule has 2 aliphatic carbocycles. The number of hydrogen-bond acceptors (Lipinski definition) is 2. The largest absolute Gasteiger partial charge is 0.296 e. The van der Waals surface area contributed by atoms with Gasteiger partial charge in [-0.2, -0.15) is 0 Å². The Labute approximate surface area is 344 Å². The molecule has 0 saturated carbocycles. The van der Waals surface area contributed by atoms with E-state index in [1.54, 1.807) is 0 Å². The van der Waals surface area contributed by atoms with Gasteiger partial charge in [0.2, 0.25) is 0 Å². The van der Waals surface area contributed by atoms with Crippen molar-refractivity contribution in [3.05, 3.63) is 234 Å². The number of hydrogen-bond donors (Lipinski definition) is 0. The minimum absolute atomic E-state index is 0.184. The Kier molecular flexibility index (Phi) is 7.19. The van der Waals surface area contributed by atoms with E-state index >= 15 is 0 Å². The summed E-state index contributed by atoms with van der Waals surface area (Å²) in [5.74, 6) is 0. The second kappa shape index (κ2) is 12.6. The van der Waals surface area contributed by atoms with Crippen LogP contribution in [-0.4, -0.2) is 14.4 Å². The summed E-state index contributed by atoms with van der Waals surface area (Å²) in [6, 6.07) is 68.7. The number of benzene rings is 8. The smallest absolute Gasteiger partial charge is 0.164 e. The maximum absolute atomic E-state index is 5.61. The van der Waals surface area contributed by atoms with E-state index in [-0.39, 0.29) is 5.41 Å². The highest BCUT2D eigenvalue weighted by atomic mass is 15.0. The first-order valence-corrected chi connectivity index (χ1v) is 20.5. The third-order valence-corrected chi connectivity index (χ3v) is 13.2. The third kappa shape index (κ3) is 4.76. The summed E-state index contributed by atoms with van der Waals surface area (Å²) < 4.78 is 2.25. The van der Waals surface area contributed by atoms with E-state index in [4.69, 9.17) is 9.97 Å². The maximum atomic E-state index is 5.61. The molecule has 3 nitrogen and oxygen atoms in total. The molecule has 0 radical (unpaired) electrons. The Bertz CT molecular complexity index is 3250. The van der Waals surface area contributed by atoms with Crippen molar-refractivity contribution in [2.75, 3.05) is 0 Å². The molecule has 0 spiro atoms. The summed E-state index contributed by atoms with van der Waals surface area (Å²) in [6.07, 6.45) is 4.18. The van der Waals surface area contributed by atoms with Crippen molar-refractivity contribution >= 4 is 16.4 Å². The first kappa shape index (κ1) is 33.7. The molecular formula is C56H39N3. The van der Waals surface area contributed by atoms with Gasteiger partial charge in [-0.3, -0.25) is 4.40 Å². The zero-order chi connectivity index (χ0) is 39.3. The molecule has 10 aromatic rings. The van der Waals surface area contributed by atoms with Crippen LogP contribution in [-0.2, 0) is 10.8 Å². The highest BCUT2D eigenvalue weighted by Crippen LogP contribution is 2.57. The lowest BCUT2D eigenvalue weighted by molar-refractivity contribution is 0.661. The topological polar surface area (TPSA) is 30.2 Å². The molecule has 0 bridgehead atoms. The van der Waals surface area contributed by atoms with Crippen molar-refractivity contribution in [2.24, 2.45) is 0 Å². The van der Waals surface area contributed by atoms with Crippen molar-refractivity contribution in [2.45, 2.75) is 24.7 Å². The average molecular weight is 754 g/mol. The van der Waals surface area contributed by atoms with Crippen molar-refractivity contribution in [1.29, 1.82) is 0 Å². The van der Waals surface area contributed by atoms with Gasteiger partial charge >= 0.3 is 0 Å². The van der Waals surface area contributed by atoms with E-state index in [9.17, 15) is 0 Å². The Hall–Kier alpha value is -7.36. The van der Waals surface area contributed by atoms with Crippen LogP contribution in [0.5, 0.6) is 0 Å². The van der Waals surface area contributed by atoms with E-state index in [1.807, 2.05) is 6.20 Å². The van der Waals surface area contributed by atoms with Crippen LogP contribution in [0.2, 0.25) is 0 Å². The number of aromatic nitrogens is 3. The Morgan fingerprint density at radius 3 is 1.88 bits per heavy atom.